The first-order valence-electron chi connectivity index (χ1n) is 10.1. The van der Waals surface area contributed by atoms with Crippen LogP contribution in [-0.2, 0) is 4.79 Å². The maximum atomic E-state index is 13.1. The van der Waals surface area contributed by atoms with Gasteiger partial charge in [-0.2, -0.15) is 0 Å². The molecule has 2 aromatic rings. The van der Waals surface area contributed by atoms with Gasteiger partial charge in [0.25, 0.3) is 0 Å². The second kappa shape index (κ2) is 8.76. The molecule has 6 heteroatoms. The lowest BCUT2D eigenvalue weighted by molar-refractivity contribution is -0.127. The first-order valence-corrected chi connectivity index (χ1v) is 11.0. The van der Waals surface area contributed by atoms with Crippen molar-refractivity contribution < 1.29 is 19.0 Å². The average Bonchev–Trinajstić information content (AvgIpc) is 3.12. The van der Waals surface area contributed by atoms with Crippen LogP contribution >= 0.6 is 11.8 Å². The van der Waals surface area contributed by atoms with Crippen molar-refractivity contribution in [1.29, 1.82) is 0 Å². The first-order chi connectivity index (χ1) is 14.0. The van der Waals surface area contributed by atoms with Gasteiger partial charge in [0.2, 0.25) is 5.91 Å². The highest BCUT2D eigenvalue weighted by Gasteiger charge is 2.43. The third kappa shape index (κ3) is 4.75. The van der Waals surface area contributed by atoms with Crippen molar-refractivity contribution in [1.82, 2.24) is 4.90 Å². The number of likely N-dealkylation sites (tertiary alicyclic amines) is 1. The number of nitrogens with zero attached hydrogens (tertiary/aromatic N) is 1. The van der Waals surface area contributed by atoms with Crippen molar-refractivity contribution >= 4 is 17.7 Å². The van der Waals surface area contributed by atoms with Gasteiger partial charge < -0.3 is 14.7 Å². The highest BCUT2D eigenvalue weighted by molar-refractivity contribution is 8.00. The van der Waals surface area contributed by atoms with E-state index in [1.54, 1.807) is 23.9 Å². The number of carbonyl (C=O) groups is 1. The van der Waals surface area contributed by atoms with Crippen LogP contribution in [0.3, 0.4) is 0 Å². The number of amides is 1. The van der Waals surface area contributed by atoms with Gasteiger partial charge in [0.05, 0.1) is 11.9 Å². The number of thioether (sulfide) groups is 1. The first kappa shape index (κ1) is 20.2. The van der Waals surface area contributed by atoms with E-state index in [4.69, 9.17) is 4.74 Å². The van der Waals surface area contributed by atoms with Gasteiger partial charge in [-0.05, 0) is 67.5 Å². The van der Waals surface area contributed by atoms with E-state index in [-0.39, 0.29) is 17.8 Å². The molecule has 4 rings (SSSR count). The predicted molar refractivity (Wildman–Crippen MR) is 112 cm³/mol. The Bertz CT molecular complexity index is 859. The fraction of sp³-hybridized carbons (Fsp3) is 0.435. The Labute approximate surface area is 175 Å². The van der Waals surface area contributed by atoms with E-state index in [0.29, 0.717) is 49.3 Å². The highest BCUT2D eigenvalue weighted by atomic mass is 32.2. The van der Waals surface area contributed by atoms with Gasteiger partial charge in [0, 0.05) is 18.0 Å². The summed E-state index contributed by atoms with van der Waals surface area (Å²) < 4.78 is 19.0. The number of fused-ring (bicyclic) bond motifs is 1. The minimum absolute atomic E-state index is 0.151. The van der Waals surface area contributed by atoms with E-state index >= 15 is 0 Å². The molecule has 4 atom stereocenters. The zero-order valence-corrected chi connectivity index (χ0v) is 17.3. The van der Waals surface area contributed by atoms with Gasteiger partial charge in [0.15, 0.2) is 0 Å². The number of aliphatic hydroxyl groups excluding tert-OH is 1. The van der Waals surface area contributed by atoms with E-state index in [1.165, 1.54) is 17.7 Å². The number of halogens is 1. The Balaban J connectivity index is 1.32. The molecule has 0 radical (unpaired) electrons. The Morgan fingerprint density at radius 2 is 1.83 bits per heavy atom. The van der Waals surface area contributed by atoms with E-state index in [1.807, 2.05) is 23.1 Å². The van der Waals surface area contributed by atoms with Crippen LogP contribution in [0, 0.1) is 24.6 Å². The molecule has 0 unspecified atom stereocenters. The van der Waals surface area contributed by atoms with Gasteiger partial charge in [0.1, 0.15) is 17.7 Å². The number of rotatable bonds is 5. The summed E-state index contributed by atoms with van der Waals surface area (Å²) in [5, 5.41) is 10.5. The van der Waals surface area contributed by atoms with Crippen LogP contribution < -0.4 is 4.74 Å². The normalized spacial score (nSPS) is 26.2. The van der Waals surface area contributed by atoms with Gasteiger partial charge >= 0.3 is 0 Å². The third-order valence-electron chi connectivity index (χ3n) is 5.98. The molecule has 4 nitrogen and oxygen atoms in total. The van der Waals surface area contributed by atoms with Crippen LogP contribution in [0.2, 0.25) is 0 Å². The Hall–Kier alpha value is -2.05. The summed E-state index contributed by atoms with van der Waals surface area (Å²) >= 11 is 1.58. The third-order valence-corrected chi connectivity index (χ3v) is 7.14. The van der Waals surface area contributed by atoms with Gasteiger partial charge in [-0.1, -0.05) is 18.2 Å². The molecule has 154 valence electrons. The summed E-state index contributed by atoms with van der Waals surface area (Å²) in [6.45, 7) is 3.48. The maximum Gasteiger partial charge on any atom is 0.232 e. The molecule has 1 saturated heterocycles. The monoisotopic (exact) mass is 415 g/mol. The molecule has 0 spiro atoms. The summed E-state index contributed by atoms with van der Waals surface area (Å²) in [4.78, 5) is 15.8. The summed E-state index contributed by atoms with van der Waals surface area (Å²) in [5.74, 6) is 1.48. The molecule has 29 heavy (non-hydrogen) atoms. The molecule has 1 saturated carbocycles. The van der Waals surface area contributed by atoms with Crippen LogP contribution in [0.1, 0.15) is 18.4 Å². The zero-order chi connectivity index (χ0) is 20.4. The quantitative estimate of drug-likeness (QED) is 0.753. The zero-order valence-electron chi connectivity index (χ0n) is 16.5. The Morgan fingerprint density at radius 3 is 2.55 bits per heavy atom. The van der Waals surface area contributed by atoms with E-state index < -0.39 is 6.10 Å². The molecule has 2 aromatic carbocycles. The highest BCUT2D eigenvalue weighted by Crippen LogP contribution is 2.38. The SMILES string of the molecule is Cc1ccccc1SCC(=O)N1C[C@H]2C[C@@H](Oc3ccc(F)cc3)[C@H](O)C[C@H]2C1. The molecule has 1 amide bonds. The number of carbonyl (C=O) groups excluding carboxylic acids is 1. The standard InChI is InChI=1S/C23H26FNO3S/c1-15-4-2-3-5-22(15)29-14-23(27)25-12-16-10-20(26)21(11-17(16)13-25)28-19-8-6-18(24)7-9-19/h2-9,16-17,20-21,26H,10-14H2,1H3/t16-,17+,20+,21+/m0/s1. The van der Waals surface area contributed by atoms with Crippen molar-refractivity contribution in [2.75, 3.05) is 18.8 Å². The molecule has 1 N–H and O–H groups in total. The van der Waals surface area contributed by atoms with Crippen LogP contribution in [0.5, 0.6) is 5.75 Å². The largest absolute Gasteiger partial charge is 0.488 e. The Kier molecular flexibility index (Phi) is 6.11. The molecule has 1 aliphatic carbocycles. The van der Waals surface area contributed by atoms with E-state index in [2.05, 4.69) is 13.0 Å². The lowest BCUT2D eigenvalue weighted by atomic mass is 9.78. The second-order valence-electron chi connectivity index (χ2n) is 8.02. The van der Waals surface area contributed by atoms with Gasteiger partial charge in [-0.3, -0.25) is 4.79 Å². The fourth-order valence-electron chi connectivity index (χ4n) is 4.36. The smallest absolute Gasteiger partial charge is 0.232 e. The minimum atomic E-state index is -0.572. The summed E-state index contributed by atoms with van der Waals surface area (Å²) in [6, 6.07) is 14.0. The van der Waals surface area contributed by atoms with Crippen molar-refractivity contribution in [2.24, 2.45) is 11.8 Å². The minimum Gasteiger partial charge on any atom is -0.488 e. The molecule has 0 bridgehead atoms. The van der Waals surface area contributed by atoms with Crippen LogP contribution in [0.4, 0.5) is 4.39 Å². The van der Waals surface area contributed by atoms with Crippen molar-refractivity contribution in [3.05, 3.63) is 59.9 Å². The summed E-state index contributed by atoms with van der Waals surface area (Å²) in [5.41, 5.74) is 1.18. The van der Waals surface area contributed by atoms with E-state index in [9.17, 15) is 14.3 Å². The molecular formula is C23H26FNO3S. The van der Waals surface area contributed by atoms with Gasteiger partial charge in [-0.15, -0.1) is 11.8 Å². The maximum absolute atomic E-state index is 13.1. The number of ether oxygens (including phenoxy) is 1. The van der Waals surface area contributed by atoms with Crippen LogP contribution in [0.15, 0.2) is 53.4 Å². The number of benzene rings is 2. The number of aryl methyl sites for hydroxylation is 1. The van der Waals surface area contributed by atoms with Crippen molar-refractivity contribution in [3.63, 3.8) is 0 Å². The average molecular weight is 416 g/mol. The fourth-order valence-corrected chi connectivity index (χ4v) is 5.29. The Morgan fingerprint density at radius 1 is 1.14 bits per heavy atom. The van der Waals surface area contributed by atoms with E-state index in [0.717, 1.165) is 4.90 Å². The lowest BCUT2D eigenvalue weighted by Gasteiger charge is -2.35. The van der Waals surface area contributed by atoms with Crippen molar-refractivity contribution in [3.8, 4) is 5.75 Å². The number of hydrogen-bond acceptors (Lipinski definition) is 4. The lowest BCUT2D eigenvalue weighted by Crippen LogP contribution is -2.42. The van der Waals surface area contributed by atoms with Crippen LogP contribution in [0.25, 0.3) is 0 Å². The summed E-state index contributed by atoms with van der Waals surface area (Å²) in [7, 11) is 0. The molecular weight excluding hydrogens is 389 g/mol. The summed E-state index contributed by atoms with van der Waals surface area (Å²) in [6.07, 6.45) is 0.444. The topological polar surface area (TPSA) is 49.8 Å². The predicted octanol–water partition coefficient (Wildman–Crippen LogP) is 3.90. The molecule has 2 fully saturated rings. The molecule has 0 aromatic heterocycles. The van der Waals surface area contributed by atoms with Crippen LogP contribution in [-0.4, -0.2) is 47.0 Å². The molecule has 2 aliphatic rings. The van der Waals surface area contributed by atoms with Gasteiger partial charge in [-0.25, -0.2) is 4.39 Å². The van der Waals surface area contributed by atoms with Crippen molar-refractivity contribution in [2.45, 2.75) is 36.9 Å². The molecule has 1 aliphatic heterocycles. The second-order valence-corrected chi connectivity index (χ2v) is 9.04. The molecule has 1 heterocycles. The number of aliphatic hydroxyl groups is 1. The number of hydrogen-bond donors (Lipinski definition) is 1.